The summed E-state index contributed by atoms with van der Waals surface area (Å²) in [4.78, 5) is 11.4. The number of nitrogens with zero attached hydrogens (tertiary/aromatic N) is 2. The van der Waals surface area contributed by atoms with Crippen molar-refractivity contribution in [3.63, 3.8) is 0 Å². The molecule has 1 aromatic carbocycles. The largest absolute Gasteiger partial charge is 0.277 e. The van der Waals surface area contributed by atoms with Crippen LogP contribution in [0.4, 0.5) is 0 Å². The summed E-state index contributed by atoms with van der Waals surface area (Å²) in [6.45, 7) is 8.47. The Morgan fingerprint density at radius 3 is 2.50 bits per heavy atom. The minimum Gasteiger partial charge on any atom is -0.277 e. The lowest BCUT2D eigenvalue weighted by molar-refractivity contribution is -0.134. The van der Waals surface area contributed by atoms with Gasteiger partial charge >= 0.3 is 0 Å². The van der Waals surface area contributed by atoms with E-state index < -0.39 is 0 Å². The molecule has 0 unspecified atom stereocenters. The molecule has 0 aromatic heterocycles. The normalized spacial score (nSPS) is 21.3. The van der Waals surface area contributed by atoms with E-state index in [4.69, 9.17) is 0 Å². The van der Waals surface area contributed by atoms with Crippen LogP contribution in [0.2, 0.25) is 0 Å². The van der Waals surface area contributed by atoms with E-state index in [-0.39, 0.29) is 11.5 Å². The minimum absolute atomic E-state index is 0.200. The SMILES string of the molecule is CC(C)(C)CN1CC[C@H](c2ccccc2)N1C=O. The van der Waals surface area contributed by atoms with Crippen LogP contribution in [0, 0.1) is 5.41 Å². The summed E-state index contributed by atoms with van der Waals surface area (Å²) in [6, 6.07) is 10.5. The maximum absolute atomic E-state index is 11.4. The van der Waals surface area contributed by atoms with E-state index in [0.717, 1.165) is 25.9 Å². The highest BCUT2D eigenvalue weighted by Crippen LogP contribution is 2.32. The lowest BCUT2D eigenvalue weighted by Gasteiger charge is -2.33. The molecule has 1 saturated heterocycles. The molecule has 98 valence electrons. The topological polar surface area (TPSA) is 23.6 Å². The average Bonchev–Trinajstić information content (AvgIpc) is 2.70. The van der Waals surface area contributed by atoms with Crippen molar-refractivity contribution in [3.05, 3.63) is 35.9 Å². The van der Waals surface area contributed by atoms with Gasteiger partial charge in [-0.1, -0.05) is 51.1 Å². The zero-order chi connectivity index (χ0) is 13.2. The van der Waals surface area contributed by atoms with E-state index in [9.17, 15) is 4.79 Å². The van der Waals surface area contributed by atoms with E-state index >= 15 is 0 Å². The quantitative estimate of drug-likeness (QED) is 0.766. The zero-order valence-corrected chi connectivity index (χ0v) is 11.5. The lowest BCUT2D eigenvalue weighted by Crippen LogP contribution is -2.41. The second-order valence-corrected chi connectivity index (χ2v) is 6.15. The van der Waals surface area contributed by atoms with Gasteiger partial charge < -0.3 is 0 Å². The van der Waals surface area contributed by atoms with Gasteiger partial charge in [0.1, 0.15) is 0 Å². The molecule has 18 heavy (non-hydrogen) atoms. The minimum atomic E-state index is 0.200. The fraction of sp³-hybridized carbons (Fsp3) is 0.533. The number of hydrogen-bond acceptors (Lipinski definition) is 2. The Bertz CT molecular complexity index is 397. The van der Waals surface area contributed by atoms with Crippen molar-refractivity contribution in [2.45, 2.75) is 33.2 Å². The third-order valence-corrected chi connectivity index (χ3v) is 3.26. The van der Waals surface area contributed by atoms with Gasteiger partial charge in [-0.15, -0.1) is 0 Å². The average molecular weight is 246 g/mol. The summed E-state index contributed by atoms with van der Waals surface area (Å²) in [5.74, 6) is 0. The monoisotopic (exact) mass is 246 g/mol. The van der Waals surface area contributed by atoms with Crippen LogP contribution >= 0.6 is 0 Å². The van der Waals surface area contributed by atoms with Crippen molar-refractivity contribution in [2.75, 3.05) is 13.1 Å². The van der Waals surface area contributed by atoms with Crippen LogP contribution in [-0.2, 0) is 4.79 Å². The van der Waals surface area contributed by atoms with Crippen LogP contribution in [0.3, 0.4) is 0 Å². The summed E-state index contributed by atoms with van der Waals surface area (Å²) in [5.41, 5.74) is 1.42. The fourth-order valence-electron chi connectivity index (χ4n) is 2.56. The molecule has 1 aliphatic heterocycles. The molecule has 3 heteroatoms. The first-order valence-electron chi connectivity index (χ1n) is 6.55. The molecule has 1 fully saturated rings. The number of hydrazine groups is 1. The molecule has 0 aliphatic carbocycles. The first kappa shape index (κ1) is 13.1. The summed E-state index contributed by atoms with van der Waals surface area (Å²) in [5, 5.41) is 4.03. The van der Waals surface area contributed by atoms with Crippen molar-refractivity contribution in [2.24, 2.45) is 5.41 Å². The third-order valence-electron chi connectivity index (χ3n) is 3.26. The molecule has 0 spiro atoms. The molecule has 2 rings (SSSR count). The highest BCUT2D eigenvalue weighted by molar-refractivity contribution is 5.48. The number of carbonyl (C=O) groups excluding carboxylic acids is 1. The molecule has 0 radical (unpaired) electrons. The maximum Gasteiger partial charge on any atom is 0.224 e. The van der Waals surface area contributed by atoms with Crippen molar-refractivity contribution < 1.29 is 4.79 Å². The third kappa shape index (κ3) is 2.91. The van der Waals surface area contributed by atoms with Gasteiger partial charge in [0.25, 0.3) is 0 Å². The van der Waals surface area contributed by atoms with Gasteiger partial charge in [0.15, 0.2) is 0 Å². The van der Waals surface area contributed by atoms with Crippen LogP contribution in [-0.4, -0.2) is 29.5 Å². The predicted molar refractivity (Wildman–Crippen MR) is 72.7 cm³/mol. The molecular weight excluding hydrogens is 224 g/mol. The van der Waals surface area contributed by atoms with E-state index in [0.29, 0.717) is 0 Å². The van der Waals surface area contributed by atoms with Crippen LogP contribution in [0.15, 0.2) is 30.3 Å². The van der Waals surface area contributed by atoms with Gasteiger partial charge in [0.2, 0.25) is 6.41 Å². The molecule has 1 heterocycles. The fourth-order valence-corrected chi connectivity index (χ4v) is 2.56. The number of amides is 1. The van der Waals surface area contributed by atoms with Crippen LogP contribution in [0.5, 0.6) is 0 Å². The second-order valence-electron chi connectivity index (χ2n) is 6.15. The highest BCUT2D eigenvalue weighted by atomic mass is 16.2. The Morgan fingerprint density at radius 2 is 1.94 bits per heavy atom. The van der Waals surface area contributed by atoms with Crippen molar-refractivity contribution in [1.29, 1.82) is 0 Å². The molecule has 1 aromatic rings. The number of carbonyl (C=O) groups is 1. The van der Waals surface area contributed by atoms with Gasteiger partial charge in [0, 0.05) is 13.1 Å². The Balaban J connectivity index is 2.14. The lowest BCUT2D eigenvalue weighted by atomic mass is 9.97. The molecular formula is C15H22N2O. The van der Waals surface area contributed by atoms with E-state index in [1.165, 1.54) is 5.56 Å². The van der Waals surface area contributed by atoms with E-state index in [1.54, 1.807) is 0 Å². The van der Waals surface area contributed by atoms with E-state index in [2.05, 4.69) is 37.9 Å². The van der Waals surface area contributed by atoms with Crippen LogP contribution in [0.1, 0.15) is 38.8 Å². The van der Waals surface area contributed by atoms with Gasteiger partial charge in [-0.05, 0) is 17.4 Å². The van der Waals surface area contributed by atoms with Gasteiger partial charge in [0.05, 0.1) is 6.04 Å². The molecule has 1 amide bonds. The summed E-state index contributed by atoms with van der Waals surface area (Å²) >= 11 is 0. The second kappa shape index (κ2) is 5.11. The van der Waals surface area contributed by atoms with Gasteiger partial charge in [-0.2, -0.15) is 0 Å². The predicted octanol–water partition coefficient (Wildman–Crippen LogP) is 2.85. The summed E-state index contributed by atoms with van der Waals surface area (Å²) < 4.78 is 0. The number of rotatable bonds is 3. The zero-order valence-electron chi connectivity index (χ0n) is 11.5. The molecule has 0 saturated carbocycles. The highest BCUT2D eigenvalue weighted by Gasteiger charge is 2.33. The maximum atomic E-state index is 11.4. The van der Waals surface area contributed by atoms with Crippen molar-refractivity contribution in [3.8, 4) is 0 Å². The Labute approximate surface area is 109 Å². The van der Waals surface area contributed by atoms with Gasteiger partial charge in [-0.25, -0.2) is 5.01 Å². The number of hydrogen-bond donors (Lipinski definition) is 0. The molecule has 0 bridgehead atoms. The Kier molecular flexibility index (Phi) is 3.71. The first-order chi connectivity index (χ1) is 8.51. The summed E-state index contributed by atoms with van der Waals surface area (Å²) in [7, 11) is 0. The molecule has 3 nitrogen and oxygen atoms in total. The Morgan fingerprint density at radius 1 is 1.28 bits per heavy atom. The summed E-state index contributed by atoms with van der Waals surface area (Å²) in [6.07, 6.45) is 1.98. The molecule has 1 atom stereocenters. The number of benzene rings is 1. The Hall–Kier alpha value is -1.35. The standard InChI is InChI=1S/C15H22N2O/c1-15(2,3)11-16-10-9-14(17(16)12-18)13-7-5-4-6-8-13/h4-8,12,14H,9-11H2,1-3H3/t14-/m1/s1. The van der Waals surface area contributed by atoms with Crippen LogP contribution < -0.4 is 0 Å². The smallest absolute Gasteiger partial charge is 0.224 e. The molecule has 0 N–H and O–H groups in total. The van der Waals surface area contributed by atoms with Crippen molar-refractivity contribution in [1.82, 2.24) is 10.0 Å². The van der Waals surface area contributed by atoms with Gasteiger partial charge in [-0.3, -0.25) is 9.80 Å². The molecule has 1 aliphatic rings. The first-order valence-corrected chi connectivity index (χ1v) is 6.55. The van der Waals surface area contributed by atoms with E-state index in [1.807, 2.05) is 23.2 Å². The van der Waals surface area contributed by atoms with Crippen LogP contribution in [0.25, 0.3) is 0 Å². The van der Waals surface area contributed by atoms with Crippen molar-refractivity contribution >= 4 is 6.41 Å².